The fourth-order valence-corrected chi connectivity index (χ4v) is 4.41. The van der Waals surface area contributed by atoms with E-state index in [-0.39, 0.29) is 12.4 Å². The molecule has 1 fully saturated rings. The predicted octanol–water partition coefficient (Wildman–Crippen LogP) is 4.33. The number of aliphatic hydroxyl groups excluding tert-OH is 1. The first-order valence-corrected chi connectivity index (χ1v) is 10.5. The summed E-state index contributed by atoms with van der Waals surface area (Å²) in [6, 6.07) is 11.9. The molecule has 0 saturated heterocycles. The van der Waals surface area contributed by atoms with Gasteiger partial charge in [0.05, 0.1) is 11.3 Å². The fraction of sp³-hybridized carbons (Fsp3) is 0.320. The first kappa shape index (κ1) is 20.2. The summed E-state index contributed by atoms with van der Waals surface area (Å²) in [5, 5.41) is 9.54. The number of aliphatic hydroxyl groups is 1. The van der Waals surface area contributed by atoms with Crippen LogP contribution in [0.4, 0.5) is 0 Å². The number of ketones is 1. The second-order valence-electron chi connectivity index (χ2n) is 8.25. The molecule has 0 bridgehead atoms. The second kappa shape index (κ2) is 9.18. The third kappa shape index (κ3) is 4.57. The van der Waals surface area contributed by atoms with E-state index in [4.69, 9.17) is 0 Å². The average Bonchev–Trinajstić information content (AvgIpc) is 3.39. The molecule has 0 spiro atoms. The number of hydrogen-bond donors (Lipinski definition) is 1. The number of hydrogen-bond acceptors (Lipinski definition) is 4. The molecular weight excluding hydrogens is 374 g/mol. The highest BCUT2D eigenvalue weighted by atomic mass is 16.3. The molecule has 0 amide bonds. The molecule has 1 aromatic carbocycles. The minimum atomic E-state index is -0.0535. The first-order valence-electron chi connectivity index (χ1n) is 10.5. The number of carbonyl (C=O) groups is 1. The third-order valence-electron chi connectivity index (χ3n) is 6.12. The van der Waals surface area contributed by atoms with Crippen LogP contribution in [0.2, 0.25) is 0 Å². The van der Waals surface area contributed by atoms with Gasteiger partial charge < -0.3 is 9.67 Å². The zero-order valence-electron chi connectivity index (χ0n) is 17.2. The Bertz CT molecular complexity index is 1030. The zero-order valence-corrected chi connectivity index (χ0v) is 17.2. The van der Waals surface area contributed by atoms with Crippen molar-refractivity contribution in [2.75, 3.05) is 6.61 Å². The van der Waals surface area contributed by atoms with Crippen molar-refractivity contribution in [1.29, 1.82) is 0 Å². The van der Waals surface area contributed by atoms with Gasteiger partial charge in [-0.05, 0) is 54.7 Å². The van der Waals surface area contributed by atoms with Gasteiger partial charge in [-0.1, -0.05) is 37.3 Å². The average molecular weight is 402 g/mol. The van der Waals surface area contributed by atoms with E-state index in [1.54, 1.807) is 6.20 Å². The normalized spacial score (nSPS) is 21.3. The van der Waals surface area contributed by atoms with Crippen molar-refractivity contribution in [1.82, 2.24) is 14.5 Å². The summed E-state index contributed by atoms with van der Waals surface area (Å²) >= 11 is 0. The molecule has 30 heavy (non-hydrogen) atoms. The molecule has 0 unspecified atom stereocenters. The standard InChI is InChI=1S/C25H27N3O2/c1-18-11-20(12-22(18)16-29)13-24-23(14-26-17-27-24)25(30)21-8-10-28(15-21)9-7-19-5-3-2-4-6-19/h2-10,14-15,17-18,20,22,29H,11-13,16H2,1H3/b9-7-/t18-,20-,22+/m0/s1. The molecule has 1 N–H and O–H groups in total. The Morgan fingerprint density at radius 3 is 2.83 bits per heavy atom. The molecule has 1 aliphatic carbocycles. The van der Waals surface area contributed by atoms with Gasteiger partial charge in [0.15, 0.2) is 5.78 Å². The van der Waals surface area contributed by atoms with Crippen molar-refractivity contribution >= 4 is 18.1 Å². The third-order valence-corrected chi connectivity index (χ3v) is 6.12. The molecular formula is C25H27N3O2. The fourth-order valence-electron chi connectivity index (χ4n) is 4.41. The summed E-state index contributed by atoms with van der Waals surface area (Å²) in [7, 11) is 0. The van der Waals surface area contributed by atoms with Crippen LogP contribution >= 0.6 is 0 Å². The van der Waals surface area contributed by atoms with Crippen molar-refractivity contribution in [3.8, 4) is 0 Å². The monoisotopic (exact) mass is 401 g/mol. The highest BCUT2D eigenvalue weighted by Crippen LogP contribution is 2.37. The Labute approximate surface area is 177 Å². The van der Waals surface area contributed by atoms with Crippen LogP contribution in [0.15, 0.2) is 61.3 Å². The topological polar surface area (TPSA) is 68.0 Å². The van der Waals surface area contributed by atoms with Crippen molar-refractivity contribution < 1.29 is 9.90 Å². The van der Waals surface area contributed by atoms with Gasteiger partial charge in [0.2, 0.25) is 0 Å². The molecule has 1 saturated carbocycles. The Hall–Kier alpha value is -3.05. The quantitative estimate of drug-likeness (QED) is 0.598. The van der Waals surface area contributed by atoms with E-state index in [1.165, 1.54) is 6.33 Å². The van der Waals surface area contributed by atoms with Gasteiger partial charge in [-0.2, -0.15) is 0 Å². The van der Waals surface area contributed by atoms with E-state index in [0.29, 0.717) is 28.9 Å². The van der Waals surface area contributed by atoms with Crippen molar-refractivity contribution in [2.24, 2.45) is 17.8 Å². The van der Waals surface area contributed by atoms with Crippen LogP contribution in [0.5, 0.6) is 0 Å². The molecule has 0 radical (unpaired) electrons. The van der Waals surface area contributed by atoms with Gasteiger partial charge in [0, 0.05) is 37.0 Å². The number of rotatable bonds is 7. The van der Waals surface area contributed by atoms with Crippen molar-refractivity contribution in [3.63, 3.8) is 0 Å². The summed E-state index contributed by atoms with van der Waals surface area (Å²) in [6.07, 6.45) is 13.6. The molecule has 154 valence electrons. The molecule has 5 nitrogen and oxygen atoms in total. The van der Waals surface area contributed by atoms with Gasteiger partial charge >= 0.3 is 0 Å². The summed E-state index contributed by atoms with van der Waals surface area (Å²) in [4.78, 5) is 21.7. The Balaban J connectivity index is 1.49. The Kier molecular flexibility index (Phi) is 6.19. The van der Waals surface area contributed by atoms with Crippen LogP contribution < -0.4 is 0 Å². The summed E-state index contributed by atoms with van der Waals surface area (Å²) in [6.45, 7) is 2.43. The van der Waals surface area contributed by atoms with E-state index in [9.17, 15) is 9.90 Å². The minimum Gasteiger partial charge on any atom is -0.396 e. The van der Waals surface area contributed by atoms with Gasteiger partial charge in [0.25, 0.3) is 0 Å². The number of nitrogens with zero attached hydrogens (tertiary/aromatic N) is 3. The van der Waals surface area contributed by atoms with E-state index in [2.05, 4.69) is 16.9 Å². The van der Waals surface area contributed by atoms with Crippen molar-refractivity contribution in [2.45, 2.75) is 26.2 Å². The van der Waals surface area contributed by atoms with Crippen LogP contribution in [-0.2, 0) is 6.42 Å². The molecule has 4 rings (SSSR count). The smallest absolute Gasteiger partial charge is 0.197 e. The highest BCUT2D eigenvalue weighted by Gasteiger charge is 2.31. The molecule has 3 atom stereocenters. The molecule has 5 heteroatoms. The highest BCUT2D eigenvalue weighted by molar-refractivity contribution is 6.09. The maximum Gasteiger partial charge on any atom is 0.197 e. The van der Waals surface area contributed by atoms with E-state index in [0.717, 1.165) is 30.5 Å². The molecule has 3 aromatic rings. The SMILES string of the molecule is C[C@H]1C[C@H](Cc2ncncc2C(=O)c2ccn(/C=C\c3ccccc3)c2)C[C@@H]1CO. The van der Waals surface area contributed by atoms with Crippen LogP contribution in [0, 0.1) is 17.8 Å². The molecule has 0 aliphatic heterocycles. The maximum atomic E-state index is 13.2. The van der Waals surface area contributed by atoms with Gasteiger partial charge in [-0.15, -0.1) is 0 Å². The maximum absolute atomic E-state index is 13.2. The minimum absolute atomic E-state index is 0.0535. The van der Waals surface area contributed by atoms with Crippen molar-refractivity contribution in [3.05, 3.63) is 83.7 Å². The Morgan fingerprint density at radius 2 is 2.07 bits per heavy atom. The van der Waals surface area contributed by atoms with Gasteiger partial charge in [-0.3, -0.25) is 4.79 Å². The first-order chi connectivity index (χ1) is 14.6. The summed E-state index contributed by atoms with van der Waals surface area (Å²) < 4.78 is 1.88. The van der Waals surface area contributed by atoms with E-state index < -0.39 is 0 Å². The van der Waals surface area contributed by atoms with E-state index in [1.807, 2.05) is 65.6 Å². The lowest BCUT2D eigenvalue weighted by atomic mass is 9.95. The van der Waals surface area contributed by atoms with Gasteiger partial charge in [0.1, 0.15) is 6.33 Å². The Morgan fingerprint density at radius 1 is 1.23 bits per heavy atom. The summed E-state index contributed by atoms with van der Waals surface area (Å²) in [5.74, 6) is 1.24. The molecule has 2 aromatic heterocycles. The van der Waals surface area contributed by atoms with E-state index >= 15 is 0 Å². The molecule has 2 heterocycles. The van der Waals surface area contributed by atoms with Crippen LogP contribution in [0.25, 0.3) is 12.3 Å². The number of aromatic nitrogens is 3. The van der Waals surface area contributed by atoms with Crippen LogP contribution in [-0.4, -0.2) is 32.0 Å². The largest absolute Gasteiger partial charge is 0.396 e. The summed E-state index contributed by atoms with van der Waals surface area (Å²) in [5.41, 5.74) is 3.10. The predicted molar refractivity (Wildman–Crippen MR) is 118 cm³/mol. The lowest BCUT2D eigenvalue weighted by Crippen LogP contribution is -2.11. The molecule has 1 aliphatic rings. The van der Waals surface area contributed by atoms with Crippen LogP contribution in [0.3, 0.4) is 0 Å². The second-order valence-corrected chi connectivity index (χ2v) is 8.25. The lowest BCUT2D eigenvalue weighted by Gasteiger charge is -2.12. The lowest BCUT2D eigenvalue weighted by molar-refractivity contribution is 0.103. The zero-order chi connectivity index (χ0) is 20.9. The van der Waals surface area contributed by atoms with Gasteiger partial charge in [-0.25, -0.2) is 9.97 Å². The number of benzene rings is 1. The number of carbonyl (C=O) groups excluding carboxylic acids is 1. The van der Waals surface area contributed by atoms with Crippen LogP contribution in [0.1, 0.15) is 46.9 Å².